The average molecular weight is 172 g/mol. The van der Waals surface area contributed by atoms with E-state index in [1.807, 2.05) is 0 Å². The SMILES string of the molecule is CB(c1ccccc1)C(F)(F)F. The molecule has 0 spiro atoms. The normalized spacial score (nSPS) is 11.3. The number of hydrogen-bond donors (Lipinski definition) is 0. The van der Waals surface area contributed by atoms with Gasteiger partial charge in [-0.05, 0) is 0 Å². The topological polar surface area (TPSA) is 0 Å². The first-order chi connectivity index (χ1) is 5.52. The van der Waals surface area contributed by atoms with Crippen LogP contribution in [0.15, 0.2) is 30.3 Å². The Bertz CT molecular complexity index is 242. The maximum absolute atomic E-state index is 12.1. The molecule has 0 atom stereocenters. The van der Waals surface area contributed by atoms with E-state index in [-0.39, 0.29) is 0 Å². The Hall–Kier alpha value is -0.925. The van der Waals surface area contributed by atoms with Crippen LogP contribution in [0.4, 0.5) is 13.2 Å². The van der Waals surface area contributed by atoms with E-state index in [4.69, 9.17) is 0 Å². The molecule has 0 radical (unpaired) electrons. The molecule has 0 aliphatic heterocycles. The van der Waals surface area contributed by atoms with Crippen molar-refractivity contribution in [3.63, 3.8) is 0 Å². The molecule has 0 aliphatic carbocycles. The van der Waals surface area contributed by atoms with Gasteiger partial charge in [-0.3, -0.25) is 0 Å². The largest absolute Gasteiger partial charge is 0.350 e. The fourth-order valence-electron chi connectivity index (χ4n) is 0.931. The zero-order chi connectivity index (χ0) is 9.19. The molecule has 0 heterocycles. The first-order valence-electron chi connectivity index (χ1n) is 3.63. The summed E-state index contributed by atoms with van der Waals surface area (Å²) in [5, 5.41) is 0. The molecule has 4 heteroatoms. The van der Waals surface area contributed by atoms with Crippen molar-refractivity contribution in [1.82, 2.24) is 0 Å². The van der Waals surface area contributed by atoms with Crippen LogP contribution in [0.5, 0.6) is 0 Å². The number of benzene rings is 1. The number of alkyl halides is 3. The van der Waals surface area contributed by atoms with Gasteiger partial charge in [0.1, 0.15) is 0 Å². The third-order valence-corrected chi connectivity index (χ3v) is 1.79. The van der Waals surface area contributed by atoms with E-state index >= 15 is 0 Å². The van der Waals surface area contributed by atoms with Gasteiger partial charge in [0.05, 0.1) is 0 Å². The molecule has 0 N–H and O–H groups in total. The minimum Gasteiger partial charge on any atom is -0.181 e. The molecule has 0 saturated heterocycles. The lowest BCUT2D eigenvalue weighted by Crippen LogP contribution is -2.41. The second-order valence-corrected chi connectivity index (χ2v) is 2.67. The lowest BCUT2D eigenvalue weighted by Gasteiger charge is -2.11. The molecule has 0 unspecified atom stereocenters. The van der Waals surface area contributed by atoms with Gasteiger partial charge in [-0.25, -0.2) is 0 Å². The summed E-state index contributed by atoms with van der Waals surface area (Å²) in [6, 6.07) is 7.89. The van der Waals surface area contributed by atoms with E-state index in [9.17, 15) is 13.2 Å². The third kappa shape index (κ3) is 2.03. The van der Waals surface area contributed by atoms with Gasteiger partial charge in [0.15, 0.2) is 0 Å². The van der Waals surface area contributed by atoms with Crippen LogP contribution in [0.2, 0.25) is 6.82 Å². The summed E-state index contributed by atoms with van der Waals surface area (Å²) in [7, 11) is 0. The summed E-state index contributed by atoms with van der Waals surface area (Å²) in [6.07, 6.45) is -4.14. The van der Waals surface area contributed by atoms with Crippen LogP contribution in [0.1, 0.15) is 0 Å². The quantitative estimate of drug-likeness (QED) is 0.569. The maximum Gasteiger partial charge on any atom is 0.350 e. The van der Waals surface area contributed by atoms with Crippen LogP contribution >= 0.6 is 0 Å². The molecule has 1 aromatic rings. The highest BCUT2D eigenvalue weighted by molar-refractivity contribution is 6.73. The van der Waals surface area contributed by atoms with Gasteiger partial charge in [0, 0.05) is 0 Å². The number of rotatable bonds is 1. The van der Waals surface area contributed by atoms with Gasteiger partial charge in [0.25, 0.3) is 0 Å². The minimum absolute atomic E-state index is 0.310. The molecule has 0 bridgehead atoms. The molecular formula is C8H8BF3. The molecule has 0 fully saturated rings. The second kappa shape index (κ2) is 3.21. The predicted octanol–water partition coefficient (Wildman–Crippen LogP) is 2.12. The van der Waals surface area contributed by atoms with E-state index in [0.29, 0.717) is 5.46 Å². The second-order valence-electron chi connectivity index (χ2n) is 2.67. The Balaban J connectivity index is 2.86. The monoisotopic (exact) mass is 172 g/mol. The first kappa shape index (κ1) is 9.17. The van der Waals surface area contributed by atoms with Crippen molar-refractivity contribution in [2.75, 3.05) is 0 Å². The van der Waals surface area contributed by atoms with Crippen LogP contribution in [0.25, 0.3) is 0 Å². The molecule has 1 rings (SSSR count). The van der Waals surface area contributed by atoms with Crippen molar-refractivity contribution in [3.05, 3.63) is 30.3 Å². The average Bonchev–Trinajstić information content (AvgIpc) is 2.03. The van der Waals surface area contributed by atoms with Crippen LogP contribution in [-0.4, -0.2) is 12.8 Å². The van der Waals surface area contributed by atoms with Crippen molar-refractivity contribution in [2.45, 2.75) is 12.9 Å². The van der Waals surface area contributed by atoms with Crippen LogP contribution in [-0.2, 0) is 0 Å². The van der Waals surface area contributed by atoms with E-state index in [2.05, 4.69) is 0 Å². The maximum atomic E-state index is 12.1. The fraction of sp³-hybridized carbons (Fsp3) is 0.250. The zero-order valence-corrected chi connectivity index (χ0v) is 6.60. The fourth-order valence-corrected chi connectivity index (χ4v) is 0.931. The highest BCUT2D eigenvalue weighted by Gasteiger charge is 2.40. The number of halogens is 3. The molecule has 0 amide bonds. The molecule has 0 aromatic heterocycles. The summed E-state index contributed by atoms with van der Waals surface area (Å²) in [4.78, 5) is 0. The summed E-state index contributed by atoms with van der Waals surface area (Å²) in [6.45, 7) is -0.214. The van der Waals surface area contributed by atoms with Crippen molar-refractivity contribution in [1.29, 1.82) is 0 Å². The minimum atomic E-state index is -4.14. The summed E-state index contributed by atoms with van der Waals surface area (Å²) >= 11 is 0. The van der Waals surface area contributed by atoms with Gasteiger partial charge in [-0.2, -0.15) is 13.2 Å². The lowest BCUT2D eigenvalue weighted by atomic mass is 9.46. The van der Waals surface area contributed by atoms with Crippen LogP contribution in [0.3, 0.4) is 0 Å². The van der Waals surface area contributed by atoms with Crippen molar-refractivity contribution in [3.8, 4) is 0 Å². The van der Waals surface area contributed by atoms with E-state index < -0.39 is 12.8 Å². The van der Waals surface area contributed by atoms with Crippen molar-refractivity contribution < 1.29 is 13.2 Å². The smallest absolute Gasteiger partial charge is 0.181 e. The van der Waals surface area contributed by atoms with Crippen molar-refractivity contribution in [2.24, 2.45) is 0 Å². The molecule has 64 valence electrons. The Morgan fingerprint density at radius 2 is 1.58 bits per heavy atom. The Morgan fingerprint density at radius 1 is 1.08 bits per heavy atom. The number of hydrogen-bond acceptors (Lipinski definition) is 0. The van der Waals surface area contributed by atoms with Gasteiger partial charge >= 0.3 is 12.8 Å². The Labute approximate surface area is 69.5 Å². The molecule has 0 saturated carbocycles. The van der Waals surface area contributed by atoms with E-state index in [0.717, 1.165) is 6.82 Å². The summed E-state index contributed by atoms with van der Waals surface area (Å²) < 4.78 is 36.4. The molecule has 1 aromatic carbocycles. The molecule has 12 heavy (non-hydrogen) atoms. The summed E-state index contributed by atoms with van der Waals surface area (Å²) in [5.41, 5.74) is 0.310. The highest BCUT2D eigenvalue weighted by Crippen LogP contribution is 2.18. The van der Waals surface area contributed by atoms with Gasteiger partial charge in [-0.15, -0.1) is 0 Å². The van der Waals surface area contributed by atoms with Crippen LogP contribution in [0, 0.1) is 0 Å². The van der Waals surface area contributed by atoms with E-state index in [1.54, 1.807) is 18.2 Å². The van der Waals surface area contributed by atoms with Gasteiger partial charge in [-0.1, -0.05) is 42.6 Å². The third-order valence-electron chi connectivity index (χ3n) is 1.79. The Morgan fingerprint density at radius 3 is 2.00 bits per heavy atom. The lowest BCUT2D eigenvalue weighted by molar-refractivity contribution is -0.0494. The van der Waals surface area contributed by atoms with Crippen LogP contribution < -0.4 is 5.46 Å². The summed E-state index contributed by atoms with van der Waals surface area (Å²) in [5.74, 6) is 0. The highest BCUT2D eigenvalue weighted by atomic mass is 19.4. The molecule has 0 nitrogen and oxygen atoms in total. The zero-order valence-electron chi connectivity index (χ0n) is 6.60. The van der Waals surface area contributed by atoms with Gasteiger partial charge in [0.2, 0.25) is 0 Å². The van der Waals surface area contributed by atoms with E-state index in [1.165, 1.54) is 12.1 Å². The standard InChI is InChI=1S/C8H8BF3/c1-9(8(10,11)12)7-5-3-2-4-6-7/h2-6H,1H3. The molecule has 0 aliphatic rings. The Kier molecular flexibility index (Phi) is 2.45. The molecular weight excluding hydrogens is 164 g/mol. The predicted molar refractivity (Wildman–Crippen MR) is 43.7 cm³/mol. The van der Waals surface area contributed by atoms with Crippen molar-refractivity contribution >= 4 is 12.2 Å². The first-order valence-corrected chi connectivity index (χ1v) is 3.63. The van der Waals surface area contributed by atoms with Gasteiger partial charge < -0.3 is 0 Å².